The highest BCUT2D eigenvalue weighted by Crippen LogP contribution is 2.22. The van der Waals surface area contributed by atoms with Crippen LogP contribution in [-0.4, -0.2) is 30.1 Å². The van der Waals surface area contributed by atoms with Gasteiger partial charge in [-0.15, -0.1) is 0 Å². The van der Waals surface area contributed by atoms with E-state index in [1.807, 2.05) is 44.2 Å². The SMILES string of the molecule is CCOc1cccc(C(=O)NC(=S)Nc2ccccc2C(=O)N(CC)c2ccccc2)c1. The third kappa shape index (κ3) is 5.70. The Kier molecular flexibility index (Phi) is 7.94. The minimum atomic E-state index is -0.368. The predicted molar refractivity (Wildman–Crippen MR) is 132 cm³/mol. The summed E-state index contributed by atoms with van der Waals surface area (Å²) in [4.78, 5) is 27.5. The smallest absolute Gasteiger partial charge is 0.260 e. The molecule has 3 aromatic rings. The molecule has 3 rings (SSSR count). The molecule has 0 atom stereocenters. The number of hydrogen-bond donors (Lipinski definition) is 2. The summed E-state index contributed by atoms with van der Waals surface area (Å²) >= 11 is 5.33. The lowest BCUT2D eigenvalue weighted by molar-refractivity contribution is 0.0974. The summed E-state index contributed by atoms with van der Waals surface area (Å²) in [5, 5.41) is 5.74. The Balaban J connectivity index is 1.74. The summed E-state index contributed by atoms with van der Waals surface area (Å²) in [6.45, 7) is 4.81. The van der Waals surface area contributed by atoms with Gasteiger partial charge in [-0.2, -0.15) is 0 Å². The zero-order chi connectivity index (χ0) is 22.9. The molecule has 0 fully saturated rings. The minimum Gasteiger partial charge on any atom is -0.494 e. The number of carbonyl (C=O) groups excluding carboxylic acids is 2. The van der Waals surface area contributed by atoms with Gasteiger partial charge < -0.3 is 15.0 Å². The van der Waals surface area contributed by atoms with E-state index in [1.54, 1.807) is 53.4 Å². The number of hydrogen-bond acceptors (Lipinski definition) is 4. The first kappa shape index (κ1) is 23.0. The maximum atomic E-state index is 13.3. The molecule has 0 saturated carbocycles. The summed E-state index contributed by atoms with van der Waals surface area (Å²) < 4.78 is 5.44. The molecule has 0 heterocycles. The Morgan fingerprint density at radius 2 is 1.66 bits per heavy atom. The van der Waals surface area contributed by atoms with Crippen LogP contribution in [0.4, 0.5) is 11.4 Å². The first-order valence-corrected chi connectivity index (χ1v) is 10.8. The van der Waals surface area contributed by atoms with Crippen LogP contribution in [0.1, 0.15) is 34.6 Å². The van der Waals surface area contributed by atoms with Gasteiger partial charge in [0.15, 0.2) is 5.11 Å². The molecule has 0 bridgehead atoms. The van der Waals surface area contributed by atoms with Crippen LogP contribution in [0.15, 0.2) is 78.9 Å². The Bertz CT molecular complexity index is 1100. The number of ether oxygens (including phenoxy) is 1. The molecule has 32 heavy (non-hydrogen) atoms. The van der Waals surface area contributed by atoms with E-state index in [4.69, 9.17) is 17.0 Å². The molecule has 0 unspecified atom stereocenters. The van der Waals surface area contributed by atoms with Gasteiger partial charge in [-0.1, -0.05) is 36.4 Å². The lowest BCUT2D eigenvalue weighted by atomic mass is 10.1. The van der Waals surface area contributed by atoms with E-state index in [0.29, 0.717) is 35.7 Å². The van der Waals surface area contributed by atoms with E-state index < -0.39 is 0 Å². The summed E-state index contributed by atoms with van der Waals surface area (Å²) in [5.41, 5.74) is 2.19. The Labute approximate surface area is 193 Å². The molecule has 3 aromatic carbocycles. The lowest BCUT2D eigenvalue weighted by Crippen LogP contribution is -2.35. The number of anilines is 2. The Hall–Kier alpha value is -3.71. The quantitative estimate of drug-likeness (QED) is 0.505. The number of thiocarbonyl (C=S) groups is 1. The molecule has 0 radical (unpaired) electrons. The summed E-state index contributed by atoms with van der Waals surface area (Å²) in [7, 11) is 0. The van der Waals surface area contributed by atoms with E-state index in [-0.39, 0.29) is 16.9 Å². The average Bonchev–Trinajstić information content (AvgIpc) is 2.81. The van der Waals surface area contributed by atoms with Gasteiger partial charge in [0, 0.05) is 17.8 Å². The normalized spacial score (nSPS) is 10.2. The van der Waals surface area contributed by atoms with Gasteiger partial charge in [0.2, 0.25) is 0 Å². The fraction of sp³-hybridized carbons (Fsp3) is 0.160. The number of amides is 2. The van der Waals surface area contributed by atoms with Crippen molar-refractivity contribution in [2.75, 3.05) is 23.4 Å². The molecule has 164 valence electrons. The fourth-order valence-electron chi connectivity index (χ4n) is 3.20. The molecule has 0 aliphatic rings. The second-order valence-electron chi connectivity index (χ2n) is 6.80. The molecular weight excluding hydrogens is 422 g/mol. The third-order valence-electron chi connectivity index (χ3n) is 4.67. The van der Waals surface area contributed by atoms with Crippen LogP contribution < -0.4 is 20.3 Å². The first-order valence-electron chi connectivity index (χ1n) is 10.3. The van der Waals surface area contributed by atoms with Crippen LogP contribution in [0.3, 0.4) is 0 Å². The summed E-state index contributed by atoms with van der Waals surface area (Å²) in [5.74, 6) is 0.0724. The van der Waals surface area contributed by atoms with Gasteiger partial charge in [-0.05, 0) is 68.5 Å². The van der Waals surface area contributed by atoms with E-state index in [0.717, 1.165) is 5.69 Å². The van der Waals surface area contributed by atoms with Crippen LogP contribution in [0.25, 0.3) is 0 Å². The highest BCUT2D eigenvalue weighted by atomic mass is 32.1. The molecule has 0 aromatic heterocycles. The molecule has 0 saturated heterocycles. The predicted octanol–water partition coefficient (Wildman–Crippen LogP) is 4.88. The van der Waals surface area contributed by atoms with Crippen molar-refractivity contribution in [2.24, 2.45) is 0 Å². The van der Waals surface area contributed by atoms with Crippen molar-refractivity contribution in [2.45, 2.75) is 13.8 Å². The van der Waals surface area contributed by atoms with E-state index in [2.05, 4.69) is 10.6 Å². The number of rotatable bonds is 7. The van der Waals surface area contributed by atoms with Crippen molar-refractivity contribution in [1.29, 1.82) is 0 Å². The average molecular weight is 448 g/mol. The van der Waals surface area contributed by atoms with Gasteiger partial charge in [0.05, 0.1) is 17.9 Å². The minimum absolute atomic E-state index is 0.0971. The van der Waals surface area contributed by atoms with Gasteiger partial charge in [0.1, 0.15) is 5.75 Å². The second kappa shape index (κ2) is 11.1. The topological polar surface area (TPSA) is 70.7 Å². The number of carbonyl (C=O) groups is 2. The molecule has 6 nitrogen and oxygen atoms in total. The molecule has 2 amide bonds. The van der Waals surface area contributed by atoms with Crippen LogP contribution in [0.2, 0.25) is 0 Å². The Morgan fingerprint density at radius 3 is 2.38 bits per heavy atom. The zero-order valence-corrected chi connectivity index (χ0v) is 18.8. The molecule has 0 aliphatic carbocycles. The zero-order valence-electron chi connectivity index (χ0n) is 18.0. The number of nitrogens with one attached hydrogen (secondary N) is 2. The van der Waals surface area contributed by atoms with Crippen LogP contribution >= 0.6 is 12.2 Å². The van der Waals surface area contributed by atoms with E-state index in [1.165, 1.54) is 0 Å². The molecule has 7 heteroatoms. The molecule has 0 aliphatic heterocycles. The van der Waals surface area contributed by atoms with Crippen molar-refractivity contribution in [3.63, 3.8) is 0 Å². The van der Waals surface area contributed by atoms with Gasteiger partial charge in [-0.25, -0.2) is 0 Å². The second-order valence-corrected chi connectivity index (χ2v) is 7.21. The van der Waals surface area contributed by atoms with Crippen molar-refractivity contribution < 1.29 is 14.3 Å². The van der Waals surface area contributed by atoms with Crippen LogP contribution in [0.5, 0.6) is 5.75 Å². The highest BCUT2D eigenvalue weighted by molar-refractivity contribution is 7.80. The highest BCUT2D eigenvalue weighted by Gasteiger charge is 2.20. The first-order chi connectivity index (χ1) is 15.5. The fourth-order valence-corrected chi connectivity index (χ4v) is 3.40. The molecule has 0 spiro atoms. The molecule has 2 N–H and O–H groups in total. The van der Waals surface area contributed by atoms with Crippen molar-refractivity contribution >= 4 is 40.5 Å². The maximum absolute atomic E-state index is 13.3. The van der Waals surface area contributed by atoms with Crippen LogP contribution in [-0.2, 0) is 0 Å². The number of para-hydroxylation sites is 2. The van der Waals surface area contributed by atoms with Crippen molar-refractivity contribution in [3.05, 3.63) is 90.0 Å². The largest absolute Gasteiger partial charge is 0.494 e. The number of nitrogens with zero attached hydrogens (tertiary/aromatic N) is 1. The van der Waals surface area contributed by atoms with Gasteiger partial charge in [-0.3, -0.25) is 14.9 Å². The summed E-state index contributed by atoms with van der Waals surface area (Å²) in [6.07, 6.45) is 0. The van der Waals surface area contributed by atoms with Crippen molar-refractivity contribution in [1.82, 2.24) is 5.32 Å². The third-order valence-corrected chi connectivity index (χ3v) is 4.87. The summed E-state index contributed by atoms with van der Waals surface area (Å²) in [6, 6.07) is 23.4. The van der Waals surface area contributed by atoms with Gasteiger partial charge in [0.25, 0.3) is 11.8 Å². The van der Waals surface area contributed by atoms with Crippen LogP contribution in [0, 0.1) is 0 Å². The Morgan fingerprint density at radius 1 is 0.938 bits per heavy atom. The monoisotopic (exact) mass is 447 g/mol. The maximum Gasteiger partial charge on any atom is 0.260 e. The standard InChI is InChI=1S/C25H25N3O3S/c1-3-28(19-12-6-5-7-13-19)24(30)21-15-8-9-16-22(21)26-25(32)27-23(29)18-11-10-14-20(17-18)31-4-2/h5-17H,3-4H2,1-2H3,(H2,26,27,29,32). The number of benzene rings is 3. The van der Waals surface area contributed by atoms with E-state index in [9.17, 15) is 9.59 Å². The molecular formula is C25H25N3O3S. The van der Waals surface area contributed by atoms with Crippen molar-refractivity contribution in [3.8, 4) is 5.75 Å². The van der Waals surface area contributed by atoms with Gasteiger partial charge >= 0.3 is 0 Å². The van der Waals surface area contributed by atoms with E-state index >= 15 is 0 Å². The lowest BCUT2D eigenvalue weighted by Gasteiger charge is -2.23.